The lowest BCUT2D eigenvalue weighted by Gasteiger charge is -1.88. The highest BCUT2D eigenvalue weighted by Crippen LogP contribution is 2.26. The maximum absolute atomic E-state index is 5.91. The van der Waals surface area contributed by atoms with Crippen molar-refractivity contribution in [3.05, 3.63) is 35.0 Å². The average molecular weight is 194 g/mol. The number of benzene rings is 1. The zero-order valence-corrected chi connectivity index (χ0v) is 7.88. The molecule has 0 unspecified atom stereocenters. The molecule has 3 heteroatoms. The SMILES string of the molecule is C/C=C/c1noc2c(Cl)cccc12. The summed E-state index contributed by atoms with van der Waals surface area (Å²) in [6, 6.07) is 5.61. The molecule has 0 aliphatic heterocycles. The van der Waals surface area contributed by atoms with Gasteiger partial charge < -0.3 is 4.52 Å². The van der Waals surface area contributed by atoms with Crippen LogP contribution in [0, 0.1) is 0 Å². The van der Waals surface area contributed by atoms with Crippen LogP contribution in [0.15, 0.2) is 28.8 Å². The van der Waals surface area contributed by atoms with Crippen molar-refractivity contribution in [3.8, 4) is 0 Å². The fourth-order valence-corrected chi connectivity index (χ4v) is 1.43. The van der Waals surface area contributed by atoms with Crippen LogP contribution >= 0.6 is 11.6 Å². The first-order chi connectivity index (χ1) is 6.33. The molecule has 0 saturated carbocycles. The van der Waals surface area contributed by atoms with E-state index >= 15 is 0 Å². The molecule has 0 radical (unpaired) electrons. The van der Waals surface area contributed by atoms with Gasteiger partial charge in [0.05, 0.1) is 10.4 Å². The standard InChI is InChI=1S/C10H8ClNO/c1-2-4-9-7-5-3-6-8(11)10(7)13-12-9/h2-6H,1H3/b4-2+. The van der Waals surface area contributed by atoms with Gasteiger partial charge in [-0.3, -0.25) is 0 Å². The molecule has 0 atom stereocenters. The Kier molecular flexibility index (Phi) is 2.07. The van der Waals surface area contributed by atoms with Gasteiger partial charge in [0.2, 0.25) is 0 Å². The Morgan fingerprint density at radius 2 is 2.31 bits per heavy atom. The molecule has 0 fully saturated rings. The Morgan fingerprint density at radius 3 is 3.08 bits per heavy atom. The molecular formula is C10H8ClNO. The lowest BCUT2D eigenvalue weighted by Crippen LogP contribution is -1.70. The van der Waals surface area contributed by atoms with Crippen LogP contribution in [0.3, 0.4) is 0 Å². The average Bonchev–Trinajstić information content (AvgIpc) is 2.51. The van der Waals surface area contributed by atoms with Crippen LogP contribution in [0.2, 0.25) is 5.02 Å². The number of rotatable bonds is 1. The van der Waals surface area contributed by atoms with E-state index in [4.69, 9.17) is 16.1 Å². The first kappa shape index (κ1) is 8.32. The summed E-state index contributed by atoms with van der Waals surface area (Å²) >= 11 is 5.91. The number of allylic oxidation sites excluding steroid dienone is 1. The molecule has 2 rings (SSSR count). The Hall–Kier alpha value is -1.28. The number of hydrogen-bond acceptors (Lipinski definition) is 2. The number of fused-ring (bicyclic) bond motifs is 1. The van der Waals surface area contributed by atoms with Gasteiger partial charge in [-0.05, 0) is 25.1 Å². The lowest BCUT2D eigenvalue weighted by atomic mass is 10.2. The highest BCUT2D eigenvalue weighted by molar-refractivity contribution is 6.34. The van der Waals surface area contributed by atoms with Gasteiger partial charge >= 0.3 is 0 Å². The normalized spacial score (nSPS) is 11.5. The molecule has 1 heterocycles. The highest BCUT2D eigenvalue weighted by atomic mass is 35.5. The van der Waals surface area contributed by atoms with Crippen LogP contribution in [-0.4, -0.2) is 5.16 Å². The number of aromatic nitrogens is 1. The second-order valence-electron chi connectivity index (χ2n) is 2.68. The Labute approximate surface area is 80.8 Å². The van der Waals surface area contributed by atoms with Crippen molar-refractivity contribution in [1.82, 2.24) is 5.16 Å². The summed E-state index contributed by atoms with van der Waals surface area (Å²) in [4.78, 5) is 0. The van der Waals surface area contributed by atoms with Gasteiger partial charge in [-0.1, -0.05) is 28.9 Å². The number of hydrogen-bond donors (Lipinski definition) is 0. The van der Waals surface area contributed by atoms with Crippen molar-refractivity contribution in [2.24, 2.45) is 0 Å². The van der Waals surface area contributed by atoms with E-state index in [2.05, 4.69) is 5.16 Å². The van der Waals surface area contributed by atoms with Gasteiger partial charge in [0.25, 0.3) is 0 Å². The van der Waals surface area contributed by atoms with Gasteiger partial charge in [-0.25, -0.2) is 0 Å². The van der Waals surface area contributed by atoms with E-state index in [0.717, 1.165) is 11.1 Å². The van der Waals surface area contributed by atoms with Crippen LogP contribution in [0.4, 0.5) is 0 Å². The molecule has 66 valence electrons. The van der Waals surface area contributed by atoms with E-state index in [0.29, 0.717) is 10.6 Å². The predicted molar refractivity (Wildman–Crippen MR) is 53.7 cm³/mol. The lowest BCUT2D eigenvalue weighted by molar-refractivity contribution is 0.454. The van der Waals surface area contributed by atoms with E-state index in [1.807, 2.05) is 31.2 Å². The van der Waals surface area contributed by atoms with Crippen LogP contribution < -0.4 is 0 Å². The molecule has 1 aromatic heterocycles. The van der Waals surface area contributed by atoms with Crippen LogP contribution in [0.1, 0.15) is 12.6 Å². The minimum atomic E-state index is 0.598. The van der Waals surface area contributed by atoms with E-state index in [1.165, 1.54) is 0 Å². The van der Waals surface area contributed by atoms with Crippen molar-refractivity contribution < 1.29 is 4.52 Å². The van der Waals surface area contributed by atoms with Crippen LogP contribution in [0.25, 0.3) is 17.0 Å². The quantitative estimate of drug-likeness (QED) is 0.693. The second kappa shape index (κ2) is 3.23. The Balaban J connectivity index is 2.75. The van der Waals surface area contributed by atoms with Crippen LogP contribution in [-0.2, 0) is 0 Å². The summed E-state index contributed by atoms with van der Waals surface area (Å²) in [6.07, 6.45) is 3.81. The molecule has 0 spiro atoms. The molecule has 0 aliphatic carbocycles. The van der Waals surface area contributed by atoms with Gasteiger partial charge in [-0.2, -0.15) is 0 Å². The molecule has 13 heavy (non-hydrogen) atoms. The van der Waals surface area contributed by atoms with Crippen molar-refractivity contribution in [3.63, 3.8) is 0 Å². The second-order valence-corrected chi connectivity index (χ2v) is 3.09. The molecule has 0 saturated heterocycles. The minimum absolute atomic E-state index is 0.598. The molecule has 0 amide bonds. The minimum Gasteiger partial charge on any atom is -0.354 e. The van der Waals surface area contributed by atoms with Crippen molar-refractivity contribution in [1.29, 1.82) is 0 Å². The van der Waals surface area contributed by atoms with Crippen LogP contribution in [0.5, 0.6) is 0 Å². The third kappa shape index (κ3) is 1.33. The summed E-state index contributed by atoms with van der Waals surface area (Å²) in [6.45, 7) is 1.94. The molecule has 1 aromatic carbocycles. The smallest absolute Gasteiger partial charge is 0.186 e. The highest BCUT2D eigenvalue weighted by Gasteiger charge is 2.07. The van der Waals surface area contributed by atoms with E-state index in [-0.39, 0.29) is 0 Å². The molecule has 0 aliphatic rings. The van der Waals surface area contributed by atoms with E-state index in [1.54, 1.807) is 6.07 Å². The Bertz CT molecular complexity index is 459. The number of para-hydroxylation sites is 1. The first-order valence-electron chi connectivity index (χ1n) is 3.99. The number of nitrogens with zero attached hydrogens (tertiary/aromatic N) is 1. The summed E-state index contributed by atoms with van der Waals surface area (Å²) in [5.74, 6) is 0. The van der Waals surface area contributed by atoms with Gasteiger partial charge in [0.15, 0.2) is 5.58 Å². The predicted octanol–water partition coefficient (Wildman–Crippen LogP) is 3.51. The third-order valence-corrected chi connectivity index (χ3v) is 2.10. The Morgan fingerprint density at radius 1 is 1.46 bits per heavy atom. The van der Waals surface area contributed by atoms with E-state index in [9.17, 15) is 0 Å². The maximum atomic E-state index is 5.91. The topological polar surface area (TPSA) is 26.0 Å². The first-order valence-corrected chi connectivity index (χ1v) is 4.37. The maximum Gasteiger partial charge on any atom is 0.186 e. The third-order valence-electron chi connectivity index (χ3n) is 1.80. The van der Waals surface area contributed by atoms with Gasteiger partial charge in [-0.15, -0.1) is 0 Å². The summed E-state index contributed by atoms with van der Waals surface area (Å²) in [7, 11) is 0. The van der Waals surface area contributed by atoms with Gasteiger partial charge in [0, 0.05) is 0 Å². The van der Waals surface area contributed by atoms with Gasteiger partial charge in [0.1, 0.15) is 5.69 Å². The molecule has 0 N–H and O–H groups in total. The molecule has 2 aromatic rings. The molecule has 2 nitrogen and oxygen atoms in total. The fraction of sp³-hybridized carbons (Fsp3) is 0.100. The van der Waals surface area contributed by atoms with Crippen molar-refractivity contribution in [2.45, 2.75) is 6.92 Å². The molecular weight excluding hydrogens is 186 g/mol. The number of halogens is 1. The molecule has 0 bridgehead atoms. The van der Waals surface area contributed by atoms with E-state index < -0.39 is 0 Å². The zero-order chi connectivity index (χ0) is 9.26. The monoisotopic (exact) mass is 193 g/mol. The summed E-state index contributed by atoms with van der Waals surface area (Å²) in [5, 5.41) is 5.45. The fourth-order valence-electron chi connectivity index (χ4n) is 1.23. The zero-order valence-electron chi connectivity index (χ0n) is 7.12. The van der Waals surface area contributed by atoms with Crippen molar-refractivity contribution >= 4 is 28.6 Å². The largest absolute Gasteiger partial charge is 0.354 e. The summed E-state index contributed by atoms with van der Waals surface area (Å²) < 4.78 is 5.10. The summed E-state index contributed by atoms with van der Waals surface area (Å²) in [5.41, 5.74) is 1.47. The van der Waals surface area contributed by atoms with Crippen molar-refractivity contribution in [2.75, 3.05) is 0 Å².